The first-order valence-electron chi connectivity index (χ1n) is 4.85. The summed E-state index contributed by atoms with van der Waals surface area (Å²) < 4.78 is 5.44. The third kappa shape index (κ3) is 1.83. The standard InChI is InChI=1S/C11H15NO/c1-2-13-11-4-3-9-5-6-12-8-10(9)7-11/h3-4,7,12H,2,5-6,8H2,1H3. The van der Waals surface area contributed by atoms with Crippen molar-refractivity contribution in [2.24, 2.45) is 0 Å². The highest BCUT2D eigenvalue weighted by molar-refractivity contribution is 5.36. The van der Waals surface area contributed by atoms with Crippen molar-refractivity contribution in [1.29, 1.82) is 0 Å². The maximum Gasteiger partial charge on any atom is 0.119 e. The number of hydrogen-bond acceptors (Lipinski definition) is 2. The fourth-order valence-corrected chi connectivity index (χ4v) is 1.71. The van der Waals surface area contributed by atoms with E-state index >= 15 is 0 Å². The first-order chi connectivity index (χ1) is 6.40. The Labute approximate surface area is 78.9 Å². The molecule has 0 radical (unpaired) electrons. The van der Waals surface area contributed by atoms with E-state index in [0.29, 0.717) is 0 Å². The van der Waals surface area contributed by atoms with E-state index in [2.05, 4.69) is 23.5 Å². The Balaban J connectivity index is 2.24. The van der Waals surface area contributed by atoms with Crippen LogP contribution in [-0.4, -0.2) is 13.2 Å². The first kappa shape index (κ1) is 8.57. The lowest BCUT2D eigenvalue weighted by Gasteiger charge is -2.17. The van der Waals surface area contributed by atoms with Gasteiger partial charge in [0.2, 0.25) is 0 Å². The molecule has 1 heterocycles. The quantitative estimate of drug-likeness (QED) is 0.742. The number of nitrogens with one attached hydrogen (secondary N) is 1. The highest BCUT2D eigenvalue weighted by atomic mass is 16.5. The fourth-order valence-electron chi connectivity index (χ4n) is 1.71. The van der Waals surface area contributed by atoms with E-state index in [1.54, 1.807) is 0 Å². The molecule has 1 aromatic carbocycles. The van der Waals surface area contributed by atoms with Crippen LogP contribution in [0.3, 0.4) is 0 Å². The average molecular weight is 177 g/mol. The molecule has 0 saturated carbocycles. The Morgan fingerprint density at radius 1 is 1.38 bits per heavy atom. The molecule has 2 heteroatoms. The van der Waals surface area contributed by atoms with E-state index in [0.717, 1.165) is 31.9 Å². The van der Waals surface area contributed by atoms with Gasteiger partial charge in [0.25, 0.3) is 0 Å². The van der Waals surface area contributed by atoms with E-state index in [1.807, 2.05) is 6.92 Å². The molecule has 1 aliphatic heterocycles. The maximum absolute atomic E-state index is 5.44. The molecular weight excluding hydrogens is 162 g/mol. The van der Waals surface area contributed by atoms with Gasteiger partial charge in [0.1, 0.15) is 5.75 Å². The predicted octanol–water partition coefficient (Wildman–Crippen LogP) is 1.73. The van der Waals surface area contributed by atoms with Crippen LogP contribution >= 0.6 is 0 Å². The van der Waals surface area contributed by atoms with Gasteiger partial charge in [-0.05, 0) is 43.1 Å². The van der Waals surface area contributed by atoms with Crippen LogP contribution in [0, 0.1) is 0 Å². The van der Waals surface area contributed by atoms with E-state index < -0.39 is 0 Å². The van der Waals surface area contributed by atoms with Crippen LogP contribution in [-0.2, 0) is 13.0 Å². The summed E-state index contributed by atoms with van der Waals surface area (Å²) in [6.07, 6.45) is 1.14. The largest absolute Gasteiger partial charge is 0.494 e. The van der Waals surface area contributed by atoms with Gasteiger partial charge in [-0.3, -0.25) is 0 Å². The van der Waals surface area contributed by atoms with Gasteiger partial charge in [-0.2, -0.15) is 0 Å². The van der Waals surface area contributed by atoms with Gasteiger partial charge in [0.05, 0.1) is 6.61 Å². The molecule has 0 fully saturated rings. The van der Waals surface area contributed by atoms with Crippen molar-refractivity contribution >= 4 is 0 Å². The Kier molecular flexibility index (Phi) is 2.50. The SMILES string of the molecule is CCOc1ccc2c(c1)CNCC2. The monoisotopic (exact) mass is 177 g/mol. The zero-order valence-corrected chi connectivity index (χ0v) is 7.97. The van der Waals surface area contributed by atoms with Crippen molar-refractivity contribution in [3.8, 4) is 5.75 Å². The minimum atomic E-state index is 0.742. The van der Waals surface area contributed by atoms with Gasteiger partial charge in [-0.15, -0.1) is 0 Å². The van der Waals surface area contributed by atoms with Crippen molar-refractivity contribution in [2.45, 2.75) is 19.9 Å². The molecule has 0 atom stereocenters. The Bertz CT molecular complexity index is 296. The number of ether oxygens (including phenoxy) is 1. The summed E-state index contributed by atoms with van der Waals surface area (Å²) in [6.45, 7) is 4.83. The first-order valence-corrected chi connectivity index (χ1v) is 4.85. The minimum Gasteiger partial charge on any atom is -0.494 e. The molecule has 1 N–H and O–H groups in total. The summed E-state index contributed by atoms with van der Waals surface area (Å²) in [6, 6.07) is 6.39. The second-order valence-corrected chi connectivity index (χ2v) is 3.29. The molecule has 0 bridgehead atoms. The average Bonchev–Trinajstić information content (AvgIpc) is 2.18. The summed E-state index contributed by atoms with van der Waals surface area (Å²) in [7, 11) is 0. The number of rotatable bonds is 2. The molecule has 70 valence electrons. The normalized spacial score (nSPS) is 15.2. The third-order valence-electron chi connectivity index (χ3n) is 2.38. The summed E-state index contributed by atoms with van der Waals surface area (Å²) in [4.78, 5) is 0. The lowest BCUT2D eigenvalue weighted by molar-refractivity contribution is 0.339. The van der Waals surface area contributed by atoms with Gasteiger partial charge < -0.3 is 10.1 Å². The van der Waals surface area contributed by atoms with E-state index in [-0.39, 0.29) is 0 Å². The van der Waals surface area contributed by atoms with Crippen LogP contribution in [0.25, 0.3) is 0 Å². The van der Waals surface area contributed by atoms with Gasteiger partial charge in [-0.1, -0.05) is 6.07 Å². The molecule has 0 aliphatic carbocycles. The van der Waals surface area contributed by atoms with Crippen molar-refractivity contribution < 1.29 is 4.74 Å². The highest BCUT2D eigenvalue weighted by Gasteiger charge is 2.08. The maximum atomic E-state index is 5.44. The molecule has 0 spiro atoms. The molecule has 1 aromatic rings. The molecule has 0 aromatic heterocycles. The summed E-state index contributed by atoms with van der Waals surface area (Å²) in [5.41, 5.74) is 2.85. The highest BCUT2D eigenvalue weighted by Crippen LogP contribution is 2.20. The second-order valence-electron chi connectivity index (χ2n) is 3.29. The molecule has 2 nitrogen and oxygen atoms in total. The van der Waals surface area contributed by atoms with Gasteiger partial charge in [0, 0.05) is 6.54 Å². The molecular formula is C11H15NO. The van der Waals surface area contributed by atoms with Crippen LogP contribution < -0.4 is 10.1 Å². The lowest BCUT2D eigenvalue weighted by atomic mass is 10.0. The van der Waals surface area contributed by atoms with Crippen LogP contribution in [0.1, 0.15) is 18.1 Å². The van der Waals surface area contributed by atoms with Crippen molar-refractivity contribution in [1.82, 2.24) is 5.32 Å². The van der Waals surface area contributed by atoms with Crippen molar-refractivity contribution in [3.05, 3.63) is 29.3 Å². The number of benzene rings is 1. The van der Waals surface area contributed by atoms with E-state index in [1.165, 1.54) is 11.1 Å². The summed E-state index contributed by atoms with van der Waals surface area (Å²) in [5, 5.41) is 3.35. The molecule has 1 aliphatic rings. The molecule has 0 unspecified atom stereocenters. The van der Waals surface area contributed by atoms with Crippen LogP contribution in [0.15, 0.2) is 18.2 Å². The van der Waals surface area contributed by atoms with Crippen LogP contribution in [0.2, 0.25) is 0 Å². The zero-order chi connectivity index (χ0) is 9.10. The van der Waals surface area contributed by atoms with Gasteiger partial charge in [0.15, 0.2) is 0 Å². The topological polar surface area (TPSA) is 21.3 Å². The van der Waals surface area contributed by atoms with Crippen LogP contribution in [0.4, 0.5) is 0 Å². The molecule has 0 amide bonds. The minimum absolute atomic E-state index is 0.742. The smallest absolute Gasteiger partial charge is 0.119 e. The summed E-state index contributed by atoms with van der Waals surface area (Å²) >= 11 is 0. The van der Waals surface area contributed by atoms with Crippen molar-refractivity contribution in [2.75, 3.05) is 13.2 Å². The fraction of sp³-hybridized carbons (Fsp3) is 0.455. The molecule has 0 saturated heterocycles. The van der Waals surface area contributed by atoms with Gasteiger partial charge in [-0.25, -0.2) is 0 Å². The van der Waals surface area contributed by atoms with Gasteiger partial charge >= 0.3 is 0 Å². The second kappa shape index (κ2) is 3.79. The predicted molar refractivity (Wildman–Crippen MR) is 53.0 cm³/mol. The van der Waals surface area contributed by atoms with E-state index in [4.69, 9.17) is 4.74 Å². The number of hydrogen-bond donors (Lipinski definition) is 1. The lowest BCUT2D eigenvalue weighted by Crippen LogP contribution is -2.23. The Morgan fingerprint density at radius 2 is 2.31 bits per heavy atom. The molecule has 13 heavy (non-hydrogen) atoms. The van der Waals surface area contributed by atoms with Crippen LogP contribution in [0.5, 0.6) is 5.75 Å². The van der Waals surface area contributed by atoms with Crippen molar-refractivity contribution in [3.63, 3.8) is 0 Å². The zero-order valence-electron chi connectivity index (χ0n) is 7.97. The number of fused-ring (bicyclic) bond motifs is 1. The third-order valence-corrected chi connectivity index (χ3v) is 2.38. The Hall–Kier alpha value is -1.02. The molecule has 2 rings (SSSR count). The van der Waals surface area contributed by atoms with E-state index in [9.17, 15) is 0 Å². The summed E-state index contributed by atoms with van der Waals surface area (Å²) in [5.74, 6) is 0.991. The Morgan fingerprint density at radius 3 is 3.15 bits per heavy atom.